The Morgan fingerprint density at radius 3 is 3.00 bits per heavy atom. The molecule has 0 aliphatic carbocycles. The van der Waals surface area contributed by atoms with Gasteiger partial charge in [-0.1, -0.05) is 0 Å². The van der Waals surface area contributed by atoms with Crippen molar-refractivity contribution in [3.63, 3.8) is 0 Å². The number of hydrogen-bond donors (Lipinski definition) is 2. The minimum absolute atomic E-state index is 0.0705. The lowest BCUT2D eigenvalue weighted by molar-refractivity contribution is -0.119. The molecule has 0 saturated carbocycles. The Kier molecular flexibility index (Phi) is 2.30. The van der Waals surface area contributed by atoms with Crippen molar-refractivity contribution in [1.82, 2.24) is 10.6 Å². The van der Waals surface area contributed by atoms with Gasteiger partial charge in [0, 0.05) is 7.05 Å². The van der Waals surface area contributed by atoms with E-state index in [1.807, 2.05) is 0 Å². The normalized spacial score (nSPS) is 22.6. The van der Waals surface area contributed by atoms with Crippen LogP contribution in [0.25, 0.3) is 0 Å². The second-order valence-corrected chi connectivity index (χ2v) is 2.29. The van der Waals surface area contributed by atoms with E-state index in [2.05, 4.69) is 10.6 Å². The molecule has 0 bridgehead atoms. The molecule has 11 heavy (non-hydrogen) atoms. The summed E-state index contributed by atoms with van der Waals surface area (Å²) < 4.78 is 4.80. The number of hydrogen-bond acceptors (Lipinski definition) is 3. The van der Waals surface area contributed by atoms with E-state index in [1.165, 1.54) is 7.05 Å². The van der Waals surface area contributed by atoms with E-state index in [0.29, 0.717) is 6.54 Å². The predicted octanol–water partition coefficient (Wildman–Crippen LogP) is -0.769. The third-order valence-electron chi connectivity index (χ3n) is 1.42. The first kappa shape index (κ1) is 7.84. The highest BCUT2D eigenvalue weighted by Gasteiger charge is 2.24. The van der Waals surface area contributed by atoms with E-state index >= 15 is 0 Å². The molecule has 2 N–H and O–H groups in total. The average molecular weight is 158 g/mol. The van der Waals surface area contributed by atoms with Crippen molar-refractivity contribution in [2.45, 2.75) is 12.5 Å². The van der Waals surface area contributed by atoms with Crippen LogP contribution in [0.2, 0.25) is 0 Å². The zero-order valence-corrected chi connectivity index (χ0v) is 6.22. The number of carbonyl (C=O) groups excluding carboxylic acids is 2. The molecule has 0 spiro atoms. The van der Waals surface area contributed by atoms with Gasteiger partial charge in [-0.15, -0.1) is 0 Å². The first-order valence-electron chi connectivity index (χ1n) is 3.37. The second kappa shape index (κ2) is 3.23. The molecule has 1 aliphatic rings. The third kappa shape index (κ3) is 2.10. The van der Waals surface area contributed by atoms with Crippen molar-refractivity contribution < 1.29 is 14.3 Å². The van der Waals surface area contributed by atoms with Crippen molar-refractivity contribution in [1.29, 1.82) is 0 Å². The summed E-state index contributed by atoms with van der Waals surface area (Å²) in [4.78, 5) is 21.2. The van der Waals surface area contributed by atoms with Crippen LogP contribution in [0.5, 0.6) is 0 Å². The Morgan fingerprint density at radius 2 is 2.55 bits per heavy atom. The molecule has 62 valence electrons. The fourth-order valence-electron chi connectivity index (χ4n) is 0.872. The van der Waals surface area contributed by atoms with Gasteiger partial charge in [0.05, 0.1) is 13.0 Å². The van der Waals surface area contributed by atoms with Crippen molar-refractivity contribution in [2.75, 3.05) is 13.6 Å². The van der Waals surface area contributed by atoms with Gasteiger partial charge in [-0.3, -0.25) is 4.79 Å². The summed E-state index contributed by atoms with van der Waals surface area (Å²) in [6.45, 7) is 0.423. The van der Waals surface area contributed by atoms with Crippen molar-refractivity contribution in [3.05, 3.63) is 0 Å². The molecule has 1 unspecified atom stereocenters. The smallest absolute Gasteiger partial charge is 0.407 e. The molecule has 0 aromatic carbocycles. The maximum absolute atomic E-state index is 10.6. The van der Waals surface area contributed by atoms with Gasteiger partial charge in [-0.2, -0.15) is 0 Å². The molecule has 0 aromatic rings. The SMILES string of the molecule is CNC(=O)OC1CNC(=O)C1. The lowest BCUT2D eigenvalue weighted by Crippen LogP contribution is -2.27. The van der Waals surface area contributed by atoms with E-state index in [1.54, 1.807) is 0 Å². The zero-order valence-electron chi connectivity index (χ0n) is 6.22. The van der Waals surface area contributed by atoms with E-state index in [9.17, 15) is 9.59 Å². The van der Waals surface area contributed by atoms with Crippen LogP contribution < -0.4 is 10.6 Å². The zero-order chi connectivity index (χ0) is 8.27. The summed E-state index contributed by atoms with van der Waals surface area (Å²) in [6, 6.07) is 0. The topological polar surface area (TPSA) is 67.4 Å². The van der Waals surface area contributed by atoms with Gasteiger partial charge < -0.3 is 15.4 Å². The van der Waals surface area contributed by atoms with Gasteiger partial charge >= 0.3 is 6.09 Å². The molecule has 2 amide bonds. The highest BCUT2D eigenvalue weighted by atomic mass is 16.6. The molecule has 1 heterocycles. The highest BCUT2D eigenvalue weighted by molar-refractivity contribution is 5.79. The number of rotatable bonds is 1. The lowest BCUT2D eigenvalue weighted by Gasteiger charge is -2.07. The highest BCUT2D eigenvalue weighted by Crippen LogP contribution is 2.03. The van der Waals surface area contributed by atoms with Crippen molar-refractivity contribution in [3.8, 4) is 0 Å². The largest absolute Gasteiger partial charge is 0.444 e. The lowest BCUT2D eigenvalue weighted by atomic mass is 10.3. The molecule has 1 rings (SSSR count). The maximum Gasteiger partial charge on any atom is 0.407 e. The quantitative estimate of drug-likeness (QED) is 0.526. The van der Waals surface area contributed by atoms with Gasteiger partial charge in [-0.25, -0.2) is 4.79 Å². The Balaban J connectivity index is 2.28. The summed E-state index contributed by atoms with van der Waals surface area (Å²) >= 11 is 0. The van der Waals surface area contributed by atoms with Crippen LogP contribution in [-0.4, -0.2) is 31.7 Å². The Morgan fingerprint density at radius 1 is 1.82 bits per heavy atom. The van der Waals surface area contributed by atoms with Crippen LogP contribution in [0.1, 0.15) is 6.42 Å². The number of amides is 2. The number of alkyl carbamates (subject to hydrolysis) is 1. The fourth-order valence-corrected chi connectivity index (χ4v) is 0.872. The van der Waals surface area contributed by atoms with Crippen LogP contribution in [0.3, 0.4) is 0 Å². The van der Waals surface area contributed by atoms with Crippen LogP contribution in [0.4, 0.5) is 4.79 Å². The van der Waals surface area contributed by atoms with E-state index in [4.69, 9.17) is 4.74 Å². The summed E-state index contributed by atoms with van der Waals surface area (Å²) in [6.07, 6.45) is -0.526. The number of ether oxygens (including phenoxy) is 1. The Hall–Kier alpha value is -1.26. The molecule has 1 atom stereocenters. The van der Waals surface area contributed by atoms with Gasteiger partial charge in [0.15, 0.2) is 0 Å². The summed E-state index contributed by atoms with van der Waals surface area (Å²) in [7, 11) is 1.48. The van der Waals surface area contributed by atoms with Gasteiger partial charge in [-0.05, 0) is 0 Å². The Labute approximate surface area is 64.1 Å². The van der Waals surface area contributed by atoms with Crippen LogP contribution >= 0.6 is 0 Å². The molecule has 1 saturated heterocycles. The molecule has 1 fully saturated rings. The monoisotopic (exact) mass is 158 g/mol. The maximum atomic E-state index is 10.6. The second-order valence-electron chi connectivity index (χ2n) is 2.29. The first-order valence-corrected chi connectivity index (χ1v) is 3.37. The third-order valence-corrected chi connectivity index (χ3v) is 1.42. The van der Waals surface area contributed by atoms with Gasteiger partial charge in [0.2, 0.25) is 5.91 Å². The van der Waals surface area contributed by atoms with Crippen LogP contribution in [0.15, 0.2) is 0 Å². The van der Waals surface area contributed by atoms with E-state index in [0.717, 1.165) is 0 Å². The molecule has 1 aliphatic heterocycles. The molecule has 0 radical (unpaired) electrons. The average Bonchev–Trinajstić information content (AvgIpc) is 2.35. The van der Waals surface area contributed by atoms with Gasteiger partial charge in [0.25, 0.3) is 0 Å². The summed E-state index contributed by atoms with van der Waals surface area (Å²) in [5, 5.41) is 4.86. The Bertz CT molecular complexity index is 181. The van der Waals surface area contributed by atoms with Crippen molar-refractivity contribution in [2.24, 2.45) is 0 Å². The molecule has 5 nitrogen and oxygen atoms in total. The number of nitrogens with one attached hydrogen (secondary N) is 2. The van der Waals surface area contributed by atoms with E-state index < -0.39 is 6.09 Å². The van der Waals surface area contributed by atoms with Crippen LogP contribution in [0, 0.1) is 0 Å². The van der Waals surface area contributed by atoms with E-state index in [-0.39, 0.29) is 18.4 Å². The van der Waals surface area contributed by atoms with Crippen LogP contribution in [-0.2, 0) is 9.53 Å². The predicted molar refractivity (Wildman–Crippen MR) is 37.0 cm³/mol. The summed E-state index contributed by atoms with van der Waals surface area (Å²) in [5.74, 6) is -0.0705. The molecular formula is C6H10N2O3. The fraction of sp³-hybridized carbons (Fsp3) is 0.667. The molecule has 5 heteroatoms. The first-order chi connectivity index (χ1) is 5.22. The molecular weight excluding hydrogens is 148 g/mol. The number of carbonyl (C=O) groups is 2. The minimum atomic E-state index is -0.494. The standard InChI is InChI=1S/C6H10N2O3/c1-7-6(10)11-4-2-5(9)8-3-4/h4H,2-3H2,1H3,(H,7,10)(H,8,9). The summed E-state index contributed by atoms with van der Waals surface area (Å²) in [5.41, 5.74) is 0. The van der Waals surface area contributed by atoms with Gasteiger partial charge in [0.1, 0.15) is 6.10 Å². The minimum Gasteiger partial charge on any atom is -0.444 e. The van der Waals surface area contributed by atoms with Crippen molar-refractivity contribution >= 4 is 12.0 Å². The molecule has 0 aromatic heterocycles.